The topological polar surface area (TPSA) is 89.3 Å². The quantitative estimate of drug-likeness (QED) is 0.913. The minimum Gasteiger partial charge on any atom is -0.356 e. The van der Waals surface area contributed by atoms with E-state index in [2.05, 4.69) is 10.5 Å². The summed E-state index contributed by atoms with van der Waals surface area (Å²) in [6.45, 7) is 1.96. The Morgan fingerprint density at radius 3 is 3.00 bits per heavy atom. The molecule has 1 aromatic heterocycles. The van der Waals surface area contributed by atoms with E-state index in [9.17, 15) is 13.2 Å². The molecule has 0 aliphatic carbocycles. The molecule has 1 aliphatic rings. The first-order valence-corrected chi connectivity index (χ1v) is 8.60. The van der Waals surface area contributed by atoms with E-state index in [-0.39, 0.29) is 29.9 Å². The number of amides is 1. The molecule has 0 saturated carbocycles. The highest BCUT2D eigenvalue weighted by Crippen LogP contribution is 2.20. The Morgan fingerprint density at radius 2 is 2.29 bits per heavy atom. The summed E-state index contributed by atoms with van der Waals surface area (Å²) >= 11 is 0. The highest BCUT2D eigenvalue weighted by molar-refractivity contribution is 7.91. The standard InChI is InChI=1S/C14H16N2O4S/c1-9-2-3-13-11(6-9)12(16-20-13)7-14(17)15-10-4-5-21(18,19)8-10/h2-3,6,10H,4-5,7-8H2,1H3,(H,15,17). The smallest absolute Gasteiger partial charge is 0.226 e. The Morgan fingerprint density at radius 1 is 1.48 bits per heavy atom. The van der Waals surface area contributed by atoms with Crippen LogP contribution in [0.15, 0.2) is 22.7 Å². The zero-order chi connectivity index (χ0) is 15.0. The second-order valence-electron chi connectivity index (χ2n) is 5.47. The van der Waals surface area contributed by atoms with Crippen LogP contribution in [0, 0.1) is 6.92 Å². The van der Waals surface area contributed by atoms with Gasteiger partial charge >= 0.3 is 0 Å². The van der Waals surface area contributed by atoms with Crippen LogP contribution in [0.5, 0.6) is 0 Å². The summed E-state index contributed by atoms with van der Waals surface area (Å²) in [6, 6.07) is 5.38. The minimum atomic E-state index is -2.99. The summed E-state index contributed by atoms with van der Waals surface area (Å²) in [5, 5.41) is 7.50. The molecular formula is C14H16N2O4S. The first-order chi connectivity index (χ1) is 9.93. The van der Waals surface area contributed by atoms with E-state index >= 15 is 0 Å². The predicted octanol–water partition coefficient (Wildman–Crippen LogP) is 0.982. The lowest BCUT2D eigenvalue weighted by Gasteiger charge is -2.09. The molecule has 6 nitrogen and oxygen atoms in total. The summed E-state index contributed by atoms with van der Waals surface area (Å²) in [7, 11) is -2.99. The van der Waals surface area contributed by atoms with Gasteiger partial charge in [-0.25, -0.2) is 8.42 Å². The van der Waals surface area contributed by atoms with Gasteiger partial charge in [0.05, 0.1) is 17.9 Å². The molecule has 3 rings (SSSR count). The second kappa shape index (κ2) is 5.14. The first-order valence-electron chi connectivity index (χ1n) is 6.78. The van der Waals surface area contributed by atoms with E-state index in [4.69, 9.17) is 4.52 Å². The molecule has 1 aromatic carbocycles. The van der Waals surface area contributed by atoms with Gasteiger partial charge < -0.3 is 9.84 Å². The number of nitrogens with one attached hydrogen (secondary N) is 1. The maximum absolute atomic E-state index is 12.0. The lowest BCUT2D eigenvalue weighted by molar-refractivity contribution is -0.121. The van der Waals surface area contributed by atoms with Crippen molar-refractivity contribution in [3.8, 4) is 0 Å². The van der Waals surface area contributed by atoms with E-state index in [0.717, 1.165) is 10.9 Å². The molecule has 2 heterocycles. The van der Waals surface area contributed by atoms with Crippen molar-refractivity contribution < 1.29 is 17.7 Å². The van der Waals surface area contributed by atoms with E-state index in [0.29, 0.717) is 17.7 Å². The molecule has 1 amide bonds. The van der Waals surface area contributed by atoms with Crippen molar-refractivity contribution in [2.45, 2.75) is 25.8 Å². The van der Waals surface area contributed by atoms with Crippen molar-refractivity contribution in [1.29, 1.82) is 0 Å². The summed E-state index contributed by atoms with van der Waals surface area (Å²) in [5.41, 5.74) is 2.29. The predicted molar refractivity (Wildman–Crippen MR) is 77.7 cm³/mol. The molecule has 1 unspecified atom stereocenters. The van der Waals surface area contributed by atoms with Gasteiger partial charge in [0.1, 0.15) is 5.69 Å². The first kappa shape index (κ1) is 14.1. The van der Waals surface area contributed by atoms with Gasteiger partial charge in [0, 0.05) is 11.4 Å². The zero-order valence-corrected chi connectivity index (χ0v) is 12.4. The number of aromatic nitrogens is 1. The number of carbonyl (C=O) groups excluding carboxylic acids is 1. The van der Waals surface area contributed by atoms with Crippen LogP contribution in [-0.2, 0) is 21.1 Å². The fourth-order valence-corrected chi connectivity index (χ4v) is 4.24. The highest BCUT2D eigenvalue weighted by atomic mass is 32.2. The van der Waals surface area contributed by atoms with Crippen LogP contribution in [-0.4, -0.2) is 37.0 Å². The highest BCUT2D eigenvalue weighted by Gasteiger charge is 2.29. The molecule has 112 valence electrons. The zero-order valence-electron chi connectivity index (χ0n) is 11.6. The van der Waals surface area contributed by atoms with Crippen molar-refractivity contribution in [3.05, 3.63) is 29.5 Å². The van der Waals surface area contributed by atoms with Gasteiger partial charge in [-0.3, -0.25) is 4.79 Å². The van der Waals surface area contributed by atoms with Crippen LogP contribution in [0.3, 0.4) is 0 Å². The molecule has 0 radical (unpaired) electrons. The number of fused-ring (bicyclic) bond motifs is 1. The number of hydrogen-bond acceptors (Lipinski definition) is 5. The second-order valence-corrected chi connectivity index (χ2v) is 7.70. The Bertz CT molecular complexity index is 794. The van der Waals surface area contributed by atoms with E-state index < -0.39 is 9.84 Å². The Balaban J connectivity index is 1.70. The van der Waals surface area contributed by atoms with Crippen molar-refractivity contribution in [3.63, 3.8) is 0 Å². The molecule has 7 heteroatoms. The SMILES string of the molecule is Cc1ccc2onc(CC(=O)NC3CCS(=O)(=O)C3)c2c1. The van der Waals surface area contributed by atoms with Crippen LogP contribution in [0.1, 0.15) is 17.7 Å². The Kier molecular flexibility index (Phi) is 3.44. The average molecular weight is 308 g/mol. The van der Waals surface area contributed by atoms with Crippen LogP contribution in [0.2, 0.25) is 0 Å². The molecule has 2 aromatic rings. The molecule has 1 aliphatic heterocycles. The third kappa shape index (κ3) is 3.07. The number of carbonyl (C=O) groups is 1. The van der Waals surface area contributed by atoms with Crippen LogP contribution in [0.25, 0.3) is 11.0 Å². The average Bonchev–Trinajstić information content (AvgIpc) is 2.93. The maximum Gasteiger partial charge on any atom is 0.226 e. The van der Waals surface area contributed by atoms with Gasteiger partial charge in [0.15, 0.2) is 15.4 Å². The normalized spacial score (nSPS) is 20.7. The van der Waals surface area contributed by atoms with Crippen LogP contribution in [0.4, 0.5) is 0 Å². The summed E-state index contributed by atoms with van der Waals surface area (Å²) < 4.78 is 27.9. The fourth-order valence-electron chi connectivity index (χ4n) is 2.57. The lowest BCUT2D eigenvalue weighted by atomic mass is 10.1. The lowest BCUT2D eigenvalue weighted by Crippen LogP contribution is -2.36. The van der Waals surface area contributed by atoms with Crippen LogP contribution < -0.4 is 5.32 Å². The van der Waals surface area contributed by atoms with Gasteiger partial charge in [-0.15, -0.1) is 0 Å². The number of nitrogens with zero attached hydrogens (tertiary/aromatic N) is 1. The summed E-state index contributed by atoms with van der Waals surface area (Å²) in [4.78, 5) is 12.0. The van der Waals surface area contributed by atoms with Gasteiger partial charge in [0.25, 0.3) is 0 Å². The third-order valence-electron chi connectivity index (χ3n) is 3.63. The van der Waals surface area contributed by atoms with Crippen molar-refractivity contribution in [1.82, 2.24) is 10.5 Å². The van der Waals surface area contributed by atoms with Gasteiger partial charge in [0.2, 0.25) is 5.91 Å². The number of rotatable bonds is 3. The van der Waals surface area contributed by atoms with E-state index in [1.54, 1.807) is 0 Å². The monoisotopic (exact) mass is 308 g/mol. The number of sulfone groups is 1. The fraction of sp³-hybridized carbons (Fsp3) is 0.429. The minimum absolute atomic E-state index is 0.0252. The number of benzene rings is 1. The molecule has 21 heavy (non-hydrogen) atoms. The Hall–Kier alpha value is -1.89. The van der Waals surface area contributed by atoms with E-state index in [1.807, 2.05) is 25.1 Å². The number of aryl methyl sites for hydroxylation is 1. The van der Waals surface area contributed by atoms with Gasteiger partial charge in [-0.05, 0) is 25.5 Å². The molecule has 1 fully saturated rings. The molecule has 1 N–H and O–H groups in total. The van der Waals surface area contributed by atoms with E-state index in [1.165, 1.54) is 0 Å². The van der Waals surface area contributed by atoms with Crippen molar-refractivity contribution in [2.75, 3.05) is 11.5 Å². The molecule has 1 atom stereocenters. The molecule has 0 bridgehead atoms. The summed E-state index contributed by atoms with van der Waals surface area (Å²) in [5.74, 6) is -0.0599. The number of hydrogen-bond donors (Lipinski definition) is 1. The molecular weight excluding hydrogens is 292 g/mol. The van der Waals surface area contributed by atoms with Crippen molar-refractivity contribution >= 4 is 26.7 Å². The maximum atomic E-state index is 12.0. The third-order valence-corrected chi connectivity index (χ3v) is 5.39. The molecule has 1 saturated heterocycles. The summed E-state index contributed by atoms with van der Waals surface area (Å²) in [6.07, 6.45) is 0.569. The largest absolute Gasteiger partial charge is 0.356 e. The van der Waals surface area contributed by atoms with Crippen LogP contribution >= 0.6 is 0 Å². The Labute approximate surface area is 122 Å². The molecule has 0 spiro atoms. The van der Waals surface area contributed by atoms with Gasteiger partial charge in [-0.1, -0.05) is 16.8 Å². The van der Waals surface area contributed by atoms with Crippen molar-refractivity contribution in [2.24, 2.45) is 0 Å². The van der Waals surface area contributed by atoms with Gasteiger partial charge in [-0.2, -0.15) is 0 Å².